The molecule has 3 aromatic rings. The topological polar surface area (TPSA) is 132 Å². The highest BCUT2D eigenvalue weighted by Crippen LogP contribution is 2.35. The summed E-state index contributed by atoms with van der Waals surface area (Å²) in [7, 11) is 0. The lowest BCUT2D eigenvalue weighted by Crippen LogP contribution is -2.56. The average molecular weight is 676 g/mol. The molecular weight excluding hydrogens is 627 g/mol. The molecule has 0 saturated carbocycles. The number of rotatable bonds is 11. The number of anilines is 1. The SMILES string of the molecule is CC(C)(N)C(=O)N[C@H](COCc1ccccc1)C(=O)Nc1cn(C(C(=O)N2CCC(C(C)(C)C)CC2)c2ccccc2)cn1.Cl.Cl. The predicted octanol–water partition coefficient (Wildman–Crippen LogP) is 4.98. The minimum atomic E-state index is -1.19. The summed E-state index contributed by atoms with van der Waals surface area (Å²) in [4.78, 5) is 46.4. The highest BCUT2D eigenvalue weighted by Gasteiger charge is 2.34. The van der Waals surface area contributed by atoms with Gasteiger partial charge < -0.3 is 30.6 Å². The van der Waals surface area contributed by atoms with Crippen LogP contribution in [0.15, 0.2) is 73.2 Å². The number of aromatic nitrogens is 2. The van der Waals surface area contributed by atoms with Crippen molar-refractivity contribution < 1.29 is 19.1 Å². The first-order valence-electron chi connectivity index (χ1n) is 15.2. The molecule has 1 saturated heterocycles. The zero-order valence-corrected chi connectivity index (χ0v) is 28.9. The predicted molar refractivity (Wildman–Crippen MR) is 185 cm³/mol. The molecule has 1 fully saturated rings. The van der Waals surface area contributed by atoms with Gasteiger partial charge in [0.25, 0.3) is 5.91 Å². The summed E-state index contributed by atoms with van der Waals surface area (Å²) >= 11 is 0. The molecule has 1 unspecified atom stereocenters. The van der Waals surface area contributed by atoms with Crippen molar-refractivity contribution in [2.45, 2.75) is 71.7 Å². The molecule has 46 heavy (non-hydrogen) atoms. The van der Waals surface area contributed by atoms with Crippen molar-refractivity contribution in [1.82, 2.24) is 19.8 Å². The van der Waals surface area contributed by atoms with Crippen LogP contribution in [0.2, 0.25) is 0 Å². The van der Waals surface area contributed by atoms with Crippen LogP contribution in [-0.4, -0.2) is 63.4 Å². The number of ether oxygens (including phenoxy) is 1. The molecule has 252 valence electrons. The van der Waals surface area contributed by atoms with Gasteiger partial charge >= 0.3 is 0 Å². The molecular formula is C34H48Cl2N6O4. The fraction of sp³-hybridized carbons (Fsp3) is 0.471. The van der Waals surface area contributed by atoms with E-state index in [1.165, 1.54) is 0 Å². The Morgan fingerprint density at radius 2 is 1.54 bits per heavy atom. The van der Waals surface area contributed by atoms with Crippen LogP contribution in [0.5, 0.6) is 0 Å². The van der Waals surface area contributed by atoms with Crippen molar-refractivity contribution >= 4 is 48.4 Å². The third kappa shape index (κ3) is 10.6. The number of hydrogen-bond donors (Lipinski definition) is 3. The number of likely N-dealkylation sites (tertiary alicyclic amines) is 1. The number of nitrogens with one attached hydrogen (secondary N) is 2. The molecule has 2 aromatic carbocycles. The second-order valence-corrected chi connectivity index (χ2v) is 13.2. The number of amides is 3. The summed E-state index contributed by atoms with van der Waals surface area (Å²) in [5.41, 5.74) is 6.76. The van der Waals surface area contributed by atoms with Crippen LogP contribution in [0.1, 0.15) is 64.6 Å². The van der Waals surface area contributed by atoms with Crippen molar-refractivity contribution in [3.63, 3.8) is 0 Å². The Labute approximate surface area is 284 Å². The number of nitrogens with two attached hydrogens (primary N) is 1. The summed E-state index contributed by atoms with van der Waals surface area (Å²) in [5, 5.41) is 5.48. The summed E-state index contributed by atoms with van der Waals surface area (Å²) in [6, 6.07) is 17.5. The molecule has 3 amide bonds. The highest BCUT2D eigenvalue weighted by atomic mass is 35.5. The van der Waals surface area contributed by atoms with Crippen LogP contribution in [0, 0.1) is 11.3 Å². The molecule has 0 radical (unpaired) electrons. The lowest BCUT2D eigenvalue weighted by molar-refractivity contribution is -0.135. The third-order valence-corrected chi connectivity index (χ3v) is 8.13. The largest absolute Gasteiger partial charge is 0.374 e. The molecule has 2 atom stereocenters. The molecule has 10 nitrogen and oxygen atoms in total. The van der Waals surface area contributed by atoms with Crippen LogP contribution in [-0.2, 0) is 25.7 Å². The van der Waals surface area contributed by atoms with E-state index in [1.54, 1.807) is 30.9 Å². The van der Waals surface area contributed by atoms with Gasteiger partial charge in [0.05, 0.1) is 25.1 Å². The maximum absolute atomic E-state index is 14.0. The minimum absolute atomic E-state index is 0. The van der Waals surface area contributed by atoms with E-state index in [1.807, 2.05) is 65.6 Å². The molecule has 0 aliphatic carbocycles. The number of benzene rings is 2. The Hall–Kier alpha value is -3.44. The van der Waals surface area contributed by atoms with Gasteiger partial charge in [0.2, 0.25) is 11.8 Å². The number of nitrogens with zero attached hydrogens (tertiary/aromatic N) is 3. The van der Waals surface area contributed by atoms with E-state index >= 15 is 0 Å². The van der Waals surface area contributed by atoms with Gasteiger partial charge in [-0.3, -0.25) is 14.4 Å². The number of hydrogen-bond acceptors (Lipinski definition) is 6. The molecule has 2 heterocycles. The van der Waals surface area contributed by atoms with Crippen molar-refractivity contribution in [1.29, 1.82) is 0 Å². The Morgan fingerprint density at radius 3 is 2.11 bits per heavy atom. The van der Waals surface area contributed by atoms with Crippen LogP contribution in [0.3, 0.4) is 0 Å². The molecule has 12 heteroatoms. The maximum atomic E-state index is 14.0. The second-order valence-electron chi connectivity index (χ2n) is 13.2. The van der Waals surface area contributed by atoms with Crippen LogP contribution in [0.25, 0.3) is 0 Å². The van der Waals surface area contributed by atoms with Gasteiger partial charge in [0.15, 0.2) is 5.82 Å². The first-order valence-corrected chi connectivity index (χ1v) is 15.2. The van der Waals surface area contributed by atoms with E-state index in [-0.39, 0.29) is 55.2 Å². The quantitative estimate of drug-likeness (QED) is 0.263. The Balaban J connectivity index is 0.00000368. The van der Waals surface area contributed by atoms with Crippen LogP contribution >= 0.6 is 24.8 Å². The van der Waals surface area contributed by atoms with E-state index < -0.39 is 29.4 Å². The molecule has 4 N–H and O–H groups in total. The number of piperidine rings is 1. The first-order chi connectivity index (χ1) is 20.8. The number of imidazole rings is 1. The van der Waals surface area contributed by atoms with E-state index in [0.29, 0.717) is 19.0 Å². The third-order valence-electron chi connectivity index (χ3n) is 8.13. The maximum Gasteiger partial charge on any atom is 0.250 e. The van der Waals surface area contributed by atoms with Crippen LogP contribution in [0.4, 0.5) is 5.82 Å². The summed E-state index contributed by atoms with van der Waals surface area (Å²) in [6.07, 6.45) is 5.11. The van der Waals surface area contributed by atoms with Gasteiger partial charge in [0, 0.05) is 19.3 Å². The lowest BCUT2D eigenvalue weighted by atomic mass is 9.75. The summed E-state index contributed by atoms with van der Waals surface area (Å²) in [6.45, 7) is 11.5. The van der Waals surface area contributed by atoms with E-state index in [9.17, 15) is 14.4 Å². The zero-order valence-electron chi connectivity index (χ0n) is 27.3. The normalized spacial score (nSPS) is 15.1. The van der Waals surface area contributed by atoms with Crippen molar-refractivity contribution in [3.8, 4) is 0 Å². The molecule has 1 aliphatic heterocycles. The van der Waals surface area contributed by atoms with E-state index in [2.05, 4.69) is 36.4 Å². The lowest BCUT2D eigenvalue weighted by Gasteiger charge is -2.40. The fourth-order valence-electron chi connectivity index (χ4n) is 5.37. The van der Waals surface area contributed by atoms with Gasteiger partial charge in [-0.05, 0) is 49.1 Å². The Morgan fingerprint density at radius 1 is 0.957 bits per heavy atom. The smallest absolute Gasteiger partial charge is 0.250 e. The fourth-order valence-corrected chi connectivity index (χ4v) is 5.37. The highest BCUT2D eigenvalue weighted by molar-refractivity contribution is 5.98. The minimum Gasteiger partial charge on any atom is -0.374 e. The molecule has 0 spiro atoms. The average Bonchev–Trinajstić information content (AvgIpc) is 3.44. The standard InChI is InChI=1S/C34H46N6O4.2ClH/c1-33(2,3)26-16-18-39(19-17-26)31(42)29(25-14-10-7-11-15-25)40-20-28(36-23-40)38-30(41)27(37-32(43)34(4,5)35)22-44-21-24-12-8-6-9-13-24;;/h6-15,20,23,26-27,29H,16-19,21-22,35H2,1-5H3,(H,37,43)(H,38,41);2*1H/t27-,29?;;/m1../s1. The van der Waals surface area contributed by atoms with Crippen LogP contribution < -0.4 is 16.4 Å². The van der Waals surface area contributed by atoms with Gasteiger partial charge in [0.1, 0.15) is 12.1 Å². The van der Waals surface area contributed by atoms with Crippen molar-refractivity contribution in [3.05, 3.63) is 84.3 Å². The Bertz CT molecular complexity index is 1400. The zero-order chi connectivity index (χ0) is 31.9. The monoisotopic (exact) mass is 674 g/mol. The van der Waals surface area contributed by atoms with E-state index in [4.69, 9.17) is 10.5 Å². The van der Waals surface area contributed by atoms with Gasteiger partial charge in [-0.15, -0.1) is 24.8 Å². The molecule has 1 aliphatic rings. The van der Waals surface area contributed by atoms with Gasteiger partial charge in [-0.25, -0.2) is 4.98 Å². The number of halogens is 2. The molecule has 4 rings (SSSR count). The van der Waals surface area contributed by atoms with Crippen molar-refractivity contribution in [2.75, 3.05) is 25.0 Å². The second kappa shape index (κ2) is 16.9. The van der Waals surface area contributed by atoms with Gasteiger partial charge in [-0.1, -0.05) is 81.4 Å². The Kier molecular flexibility index (Phi) is 14.3. The van der Waals surface area contributed by atoms with Gasteiger partial charge in [-0.2, -0.15) is 0 Å². The summed E-state index contributed by atoms with van der Waals surface area (Å²) < 4.78 is 7.52. The van der Waals surface area contributed by atoms with Crippen molar-refractivity contribution in [2.24, 2.45) is 17.1 Å². The molecule has 1 aromatic heterocycles. The first kappa shape index (κ1) is 38.7. The number of carbonyl (C=O) groups excluding carboxylic acids is 3. The van der Waals surface area contributed by atoms with E-state index in [0.717, 1.165) is 24.0 Å². The molecule has 0 bridgehead atoms. The number of carbonyl (C=O) groups is 3. The summed E-state index contributed by atoms with van der Waals surface area (Å²) in [5.74, 6) is -0.191.